The van der Waals surface area contributed by atoms with Crippen molar-refractivity contribution in [1.82, 2.24) is 0 Å². The van der Waals surface area contributed by atoms with Crippen LogP contribution in [0, 0.1) is 0 Å². The fraction of sp³-hybridized carbons (Fsp3) is 0.333. The van der Waals surface area contributed by atoms with E-state index in [4.69, 9.17) is 5.73 Å². The number of nitrogens with two attached hydrogens (primary N) is 1. The lowest BCUT2D eigenvalue weighted by Crippen LogP contribution is -2.35. The molecule has 1 atom stereocenters. The average Bonchev–Trinajstić information content (AvgIpc) is 2.05. The Morgan fingerprint density at radius 3 is 2.75 bits per heavy atom. The third-order valence-electron chi connectivity index (χ3n) is 1.86. The zero-order chi connectivity index (χ0) is 9.19. The number of benzene rings is 1. The van der Waals surface area contributed by atoms with E-state index in [0.29, 0.717) is 6.42 Å². The molecule has 0 saturated heterocycles. The molecule has 0 aromatic heterocycles. The van der Waals surface area contributed by atoms with Crippen LogP contribution in [-0.4, -0.2) is 5.11 Å². The average molecular weight is 230 g/mol. The van der Waals surface area contributed by atoms with Gasteiger partial charge in [0, 0.05) is 4.47 Å². The van der Waals surface area contributed by atoms with Crippen LogP contribution < -0.4 is 5.73 Å². The van der Waals surface area contributed by atoms with E-state index in [9.17, 15) is 5.11 Å². The molecule has 0 unspecified atom stereocenters. The summed E-state index contributed by atoms with van der Waals surface area (Å²) in [6.45, 7) is 1.85. The molecule has 3 N–H and O–H groups in total. The molecule has 0 bridgehead atoms. The van der Waals surface area contributed by atoms with Crippen LogP contribution in [0.2, 0.25) is 0 Å². The fourth-order valence-corrected chi connectivity index (χ4v) is 1.36. The van der Waals surface area contributed by atoms with E-state index in [1.807, 2.05) is 31.2 Å². The highest BCUT2D eigenvalue weighted by Crippen LogP contribution is 2.21. The highest BCUT2D eigenvalue weighted by molar-refractivity contribution is 9.10. The summed E-state index contributed by atoms with van der Waals surface area (Å²) in [6.07, 6.45) is 0.503. The molecule has 2 nitrogen and oxygen atoms in total. The van der Waals surface area contributed by atoms with Gasteiger partial charge in [-0.25, -0.2) is 0 Å². The lowest BCUT2D eigenvalue weighted by atomic mass is 10.0. The second-order valence-corrected chi connectivity index (χ2v) is 3.70. The minimum absolute atomic E-state index is 0.503. The first kappa shape index (κ1) is 9.71. The first-order valence-corrected chi connectivity index (χ1v) is 4.63. The maximum Gasteiger partial charge on any atom is 0.139 e. The molecule has 0 spiro atoms. The zero-order valence-electron chi connectivity index (χ0n) is 6.92. The molecule has 1 aromatic carbocycles. The normalized spacial score (nSPS) is 15.7. The van der Waals surface area contributed by atoms with Crippen LogP contribution in [0.3, 0.4) is 0 Å². The van der Waals surface area contributed by atoms with Crippen molar-refractivity contribution < 1.29 is 5.11 Å². The van der Waals surface area contributed by atoms with Gasteiger partial charge in [0.2, 0.25) is 0 Å². The van der Waals surface area contributed by atoms with Gasteiger partial charge >= 0.3 is 0 Å². The zero-order valence-corrected chi connectivity index (χ0v) is 8.51. The maximum atomic E-state index is 9.68. The van der Waals surface area contributed by atoms with Crippen molar-refractivity contribution >= 4 is 15.9 Å². The number of hydrogen-bond donors (Lipinski definition) is 2. The molecule has 1 rings (SSSR count). The first-order chi connectivity index (χ1) is 5.56. The minimum atomic E-state index is -1.20. The van der Waals surface area contributed by atoms with Crippen LogP contribution in [0.15, 0.2) is 28.7 Å². The Kier molecular flexibility index (Phi) is 2.88. The Morgan fingerprint density at radius 2 is 2.25 bits per heavy atom. The number of aliphatic hydroxyl groups is 1. The van der Waals surface area contributed by atoms with Gasteiger partial charge in [0.15, 0.2) is 0 Å². The van der Waals surface area contributed by atoms with Gasteiger partial charge in [-0.1, -0.05) is 35.0 Å². The van der Waals surface area contributed by atoms with Crippen LogP contribution in [-0.2, 0) is 5.72 Å². The monoisotopic (exact) mass is 229 g/mol. The lowest BCUT2D eigenvalue weighted by molar-refractivity contribution is 0.0394. The summed E-state index contributed by atoms with van der Waals surface area (Å²) in [4.78, 5) is 0. The molecule has 66 valence electrons. The molecular formula is C9H12BrNO. The van der Waals surface area contributed by atoms with Gasteiger partial charge < -0.3 is 5.11 Å². The van der Waals surface area contributed by atoms with E-state index in [2.05, 4.69) is 15.9 Å². The van der Waals surface area contributed by atoms with Gasteiger partial charge in [0.25, 0.3) is 0 Å². The minimum Gasteiger partial charge on any atom is -0.372 e. The van der Waals surface area contributed by atoms with Crippen molar-refractivity contribution in [2.75, 3.05) is 0 Å². The van der Waals surface area contributed by atoms with Crippen LogP contribution in [0.25, 0.3) is 0 Å². The SMILES string of the molecule is CC[C@@](N)(O)c1cccc(Br)c1. The molecule has 12 heavy (non-hydrogen) atoms. The Labute approximate surface area is 80.5 Å². The second-order valence-electron chi connectivity index (χ2n) is 2.79. The van der Waals surface area contributed by atoms with Gasteiger partial charge in [0.1, 0.15) is 5.72 Å². The topological polar surface area (TPSA) is 46.2 Å². The predicted octanol–water partition coefficient (Wildman–Crippen LogP) is 1.96. The molecule has 0 amide bonds. The summed E-state index contributed by atoms with van der Waals surface area (Å²) in [5.41, 5.74) is 5.17. The van der Waals surface area contributed by atoms with Crippen LogP contribution >= 0.6 is 15.9 Å². The van der Waals surface area contributed by atoms with Crippen molar-refractivity contribution in [3.63, 3.8) is 0 Å². The largest absolute Gasteiger partial charge is 0.372 e. The van der Waals surface area contributed by atoms with Crippen molar-refractivity contribution in [1.29, 1.82) is 0 Å². The molecular weight excluding hydrogens is 218 g/mol. The highest BCUT2D eigenvalue weighted by Gasteiger charge is 2.20. The maximum absolute atomic E-state index is 9.68. The molecule has 0 heterocycles. The highest BCUT2D eigenvalue weighted by atomic mass is 79.9. The fourth-order valence-electron chi connectivity index (χ4n) is 0.962. The lowest BCUT2D eigenvalue weighted by Gasteiger charge is -2.21. The summed E-state index contributed by atoms with van der Waals surface area (Å²) in [6, 6.07) is 7.39. The van der Waals surface area contributed by atoms with Crippen molar-refractivity contribution in [2.45, 2.75) is 19.1 Å². The van der Waals surface area contributed by atoms with Crippen LogP contribution in [0.1, 0.15) is 18.9 Å². The third kappa shape index (κ3) is 2.06. The van der Waals surface area contributed by atoms with Crippen LogP contribution in [0.4, 0.5) is 0 Å². The van der Waals surface area contributed by atoms with Gasteiger partial charge in [-0.15, -0.1) is 0 Å². The molecule has 0 fully saturated rings. The van der Waals surface area contributed by atoms with Crippen molar-refractivity contribution in [2.24, 2.45) is 5.73 Å². The quantitative estimate of drug-likeness (QED) is 0.763. The number of hydrogen-bond acceptors (Lipinski definition) is 2. The molecule has 0 saturated carbocycles. The number of halogens is 1. The van der Waals surface area contributed by atoms with Gasteiger partial charge in [0.05, 0.1) is 0 Å². The van der Waals surface area contributed by atoms with E-state index in [0.717, 1.165) is 10.0 Å². The number of rotatable bonds is 2. The molecule has 0 radical (unpaired) electrons. The van der Waals surface area contributed by atoms with E-state index >= 15 is 0 Å². The standard InChI is InChI=1S/C9H12BrNO/c1-2-9(11,12)7-4-3-5-8(10)6-7/h3-6,12H,2,11H2,1H3/t9-/m1/s1. The smallest absolute Gasteiger partial charge is 0.139 e. The first-order valence-electron chi connectivity index (χ1n) is 3.83. The third-order valence-corrected chi connectivity index (χ3v) is 2.36. The van der Waals surface area contributed by atoms with Crippen molar-refractivity contribution in [3.8, 4) is 0 Å². The summed E-state index contributed by atoms with van der Waals surface area (Å²) in [5.74, 6) is 0. The Hall–Kier alpha value is -0.380. The van der Waals surface area contributed by atoms with E-state index < -0.39 is 5.72 Å². The Bertz CT molecular complexity index is 273. The molecule has 1 aromatic rings. The summed E-state index contributed by atoms with van der Waals surface area (Å²) in [7, 11) is 0. The van der Waals surface area contributed by atoms with Gasteiger partial charge in [-0.05, 0) is 24.1 Å². The Morgan fingerprint density at radius 1 is 1.58 bits per heavy atom. The van der Waals surface area contributed by atoms with E-state index in [1.165, 1.54) is 0 Å². The van der Waals surface area contributed by atoms with Gasteiger partial charge in [-0.3, -0.25) is 5.73 Å². The molecule has 0 aliphatic rings. The van der Waals surface area contributed by atoms with Crippen molar-refractivity contribution in [3.05, 3.63) is 34.3 Å². The van der Waals surface area contributed by atoms with E-state index in [1.54, 1.807) is 0 Å². The summed E-state index contributed by atoms with van der Waals surface area (Å²) < 4.78 is 0.928. The second kappa shape index (κ2) is 3.56. The van der Waals surface area contributed by atoms with E-state index in [-0.39, 0.29) is 0 Å². The summed E-state index contributed by atoms with van der Waals surface area (Å²) in [5, 5.41) is 9.68. The predicted molar refractivity (Wildman–Crippen MR) is 52.5 cm³/mol. The summed E-state index contributed by atoms with van der Waals surface area (Å²) >= 11 is 3.32. The molecule has 3 heteroatoms. The van der Waals surface area contributed by atoms with Crippen LogP contribution in [0.5, 0.6) is 0 Å². The van der Waals surface area contributed by atoms with Gasteiger partial charge in [-0.2, -0.15) is 0 Å². The Balaban J connectivity index is 3.03. The molecule has 0 aliphatic carbocycles. The molecule has 0 aliphatic heterocycles.